The molecule has 4 nitrogen and oxygen atoms in total. The van der Waals surface area contributed by atoms with Crippen LogP contribution in [0.5, 0.6) is 5.75 Å². The van der Waals surface area contributed by atoms with E-state index in [-0.39, 0.29) is 17.9 Å². The zero-order valence-electron chi connectivity index (χ0n) is 14.6. The molecule has 4 atom stereocenters. The van der Waals surface area contributed by atoms with Crippen molar-refractivity contribution in [2.24, 2.45) is 11.8 Å². The van der Waals surface area contributed by atoms with Crippen molar-refractivity contribution in [3.8, 4) is 5.75 Å². The highest BCUT2D eigenvalue weighted by atomic mass is 16.5. The van der Waals surface area contributed by atoms with Crippen LogP contribution in [0.1, 0.15) is 44.5 Å². The Balaban J connectivity index is 1.75. The number of rotatable bonds is 3. The number of fused-ring (bicyclic) bond motifs is 1. The van der Waals surface area contributed by atoms with Crippen molar-refractivity contribution in [2.75, 3.05) is 25.0 Å². The van der Waals surface area contributed by atoms with E-state index in [9.17, 15) is 4.79 Å². The number of carbonyl (C=O) groups excluding carboxylic acids is 1. The number of hydrogen-bond acceptors (Lipinski definition) is 4. The fraction of sp³-hybridized carbons (Fsp3) is 0.632. The van der Waals surface area contributed by atoms with Crippen LogP contribution in [-0.4, -0.2) is 42.5 Å². The average molecular weight is 316 g/mol. The van der Waals surface area contributed by atoms with Crippen LogP contribution in [0, 0.1) is 11.8 Å². The topological polar surface area (TPSA) is 41.6 Å². The maximum Gasteiger partial charge on any atom is 0.179 e. The van der Waals surface area contributed by atoms with E-state index >= 15 is 0 Å². The summed E-state index contributed by atoms with van der Waals surface area (Å²) < 4.78 is 5.79. The Morgan fingerprint density at radius 1 is 1.26 bits per heavy atom. The van der Waals surface area contributed by atoms with Gasteiger partial charge in [-0.3, -0.25) is 9.69 Å². The minimum absolute atomic E-state index is 0.0679. The van der Waals surface area contributed by atoms with Gasteiger partial charge in [0.05, 0.1) is 18.3 Å². The van der Waals surface area contributed by atoms with Crippen LogP contribution in [0.3, 0.4) is 0 Å². The summed E-state index contributed by atoms with van der Waals surface area (Å²) in [5.74, 6) is 2.37. The normalized spacial score (nSPS) is 29.1. The summed E-state index contributed by atoms with van der Waals surface area (Å²) in [4.78, 5) is 15.2. The number of Topliss-reactive ketones (excluding diaryl/α,β-unsaturated/α-hetero) is 1. The number of nitrogens with zero attached hydrogens (tertiary/aromatic N) is 1. The van der Waals surface area contributed by atoms with Crippen molar-refractivity contribution in [3.63, 3.8) is 0 Å². The van der Waals surface area contributed by atoms with E-state index in [2.05, 4.69) is 24.1 Å². The Bertz CT molecular complexity index is 577. The third-order valence-corrected chi connectivity index (χ3v) is 5.00. The van der Waals surface area contributed by atoms with E-state index in [0.717, 1.165) is 36.6 Å². The number of anilines is 1. The second-order valence-corrected chi connectivity index (χ2v) is 7.46. The highest BCUT2D eigenvalue weighted by Gasteiger charge is 2.29. The van der Waals surface area contributed by atoms with Gasteiger partial charge in [0.25, 0.3) is 0 Å². The first-order valence-electron chi connectivity index (χ1n) is 8.77. The van der Waals surface area contributed by atoms with Crippen LogP contribution in [0.2, 0.25) is 0 Å². The maximum absolute atomic E-state index is 12.9. The number of benzene rings is 1. The summed E-state index contributed by atoms with van der Waals surface area (Å²) in [5.41, 5.74) is 1.70. The Morgan fingerprint density at radius 2 is 1.96 bits per heavy atom. The molecule has 2 aliphatic rings. The largest absolute Gasteiger partial charge is 0.487 e. The molecule has 126 valence electrons. The van der Waals surface area contributed by atoms with E-state index in [0.29, 0.717) is 11.8 Å². The van der Waals surface area contributed by atoms with Crippen LogP contribution >= 0.6 is 0 Å². The van der Waals surface area contributed by atoms with Gasteiger partial charge in [0.2, 0.25) is 0 Å². The Hall–Kier alpha value is -1.55. The molecule has 23 heavy (non-hydrogen) atoms. The number of ether oxygens (including phenoxy) is 1. The van der Waals surface area contributed by atoms with Crippen molar-refractivity contribution in [1.82, 2.24) is 4.90 Å². The van der Waals surface area contributed by atoms with E-state index in [1.807, 2.05) is 32.0 Å². The van der Waals surface area contributed by atoms with Gasteiger partial charge < -0.3 is 10.1 Å². The van der Waals surface area contributed by atoms with Gasteiger partial charge in [-0.15, -0.1) is 0 Å². The van der Waals surface area contributed by atoms with Gasteiger partial charge in [-0.25, -0.2) is 0 Å². The number of carbonyl (C=O) groups is 1. The number of piperidine rings is 1. The highest BCUT2D eigenvalue weighted by Crippen LogP contribution is 2.31. The molecule has 0 amide bonds. The lowest BCUT2D eigenvalue weighted by Gasteiger charge is -2.38. The van der Waals surface area contributed by atoms with Gasteiger partial charge in [-0.05, 0) is 50.3 Å². The molecule has 4 heteroatoms. The molecule has 2 heterocycles. The minimum atomic E-state index is -0.0679. The second kappa shape index (κ2) is 6.52. The first kappa shape index (κ1) is 16.3. The van der Waals surface area contributed by atoms with Gasteiger partial charge >= 0.3 is 0 Å². The fourth-order valence-corrected chi connectivity index (χ4v) is 3.87. The molecule has 1 aromatic carbocycles. The van der Waals surface area contributed by atoms with Gasteiger partial charge in [-0.1, -0.05) is 13.8 Å². The van der Waals surface area contributed by atoms with Gasteiger partial charge in [-0.2, -0.15) is 0 Å². The zero-order chi connectivity index (χ0) is 16.6. The first-order valence-corrected chi connectivity index (χ1v) is 8.77. The molecule has 3 rings (SSSR count). The van der Waals surface area contributed by atoms with Crippen LogP contribution in [0.25, 0.3) is 0 Å². The molecular weight excluding hydrogens is 288 g/mol. The monoisotopic (exact) mass is 316 g/mol. The third-order valence-electron chi connectivity index (χ3n) is 5.00. The molecule has 2 aliphatic heterocycles. The van der Waals surface area contributed by atoms with Crippen LogP contribution in [0.15, 0.2) is 18.2 Å². The van der Waals surface area contributed by atoms with Crippen molar-refractivity contribution in [1.29, 1.82) is 0 Å². The lowest BCUT2D eigenvalue weighted by Crippen LogP contribution is -2.47. The summed E-state index contributed by atoms with van der Waals surface area (Å²) in [5, 5.41) is 3.35. The van der Waals surface area contributed by atoms with Crippen LogP contribution in [-0.2, 0) is 0 Å². The van der Waals surface area contributed by atoms with E-state index < -0.39 is 0 Å². The maximum atomic E-state index is 12.9. The predicted octanol–water partition coefficient (Wildman–Crippen LogP) is 3.43. The first-order chi connectivity index (χ1) is 10.9. The molecule has 0 bridgehead atoms. The summed E-state index contributed by atoms with van der Waals surface area (Å²) in [6.07, 6.45) is 1.43. The molecular formula is C19H28N2O2. The van der Waals surface area contributed by atoms with Crippen molar-refractivity contribution in [2.45, 2.75) is 46.3 Å². The molecule has 1 saturated heterocycles. The van der Waals surface area contributed by atoms with E-state index in [4.69, 9.17) is 4.74 Å². The molecule has 4 unspecified atom stereocenters. The SMILES string of the molecule is CC1CC(C)CN(C(C)C(=O)c2ccc3c(c2)NCC(C)O3)C1. The molecule has 1 fully saturated rings. The quantitative estimate of drug-likeness (QED) is 0.868. The molecule has 0 radical (unpaired) electrons. The lowest BCUT2D eigenvalue weighted by molar-refractivity contribution is 0.0686. The van der Waals surface area contributed by atoms with Crippen molar-refractivity contribution < 1.29 is 9.53 Å². The Labute approximate surface area is 139 Å². The Kier molecular flexibility index (Phi) is 4.62. The van der Waals surface area contributed by atoms with Crippen molar-refractivity contribution >= 4 is 11.5 Å². The van der Waals surface area contributed by atoms with Gasteiger partial charge in [0.1, 0.15) is 11.9 Å². The minimum Gasteiger partial charge on any atom is -0.487 e. The van der Waals surface area contributed by atoms with E-state index in [1.165, 1.54) is 6.42 Å². The van der Waals surface area contributed by atoms with Crippen LogP contribution in [0.4, 0.5) is 5.69 Å². The predicted molar refractivity (Wildman–Crippen MR) is 93.3 cm³/mol. The number of ketones is 1. The van der Waals surface area contributed by atoms with E-state index in [1.54, 1.807) is 0 Å². The van der Waals surface area contributed by atoms with Gasteiger partial charge in [0, 0.05) is 18.7 Å². The molecule has 0 spiro atoms. The summed E-state index contributed by atoms with van der Waals surface area (Å²) >= 11 is 0. The molecule has 0 saturated carbocycles. The highest BCUT2D eigenvalue weighted by molar-refractivity contribution is 6.01. The molecule has 1 aromatic rings. The summed E-state index contributed by atoms with van der Waals surface area (Å²) in [7, 11) is 0. The lowest BCUT2D eigenvalue weighted by atomic mass is 9.90. The van der Waals surface area contributed by atoms with Crippen LogP contribution < -0.4 is 10.1 Å². The molecule has 0 aromatic heterocycles. The average Bonchev–Trinajstić information content (AvgIpc) is 2.52. The van der Waals surface area contributed by atoms with Crippen molar-refractivity contribution in [3.05, 3.63) is 23.8 Å². The molecule has 0 aliphatic carbocycles. The second-order valence-electron chi connectivity index (χ2n) is 7.46. The zero-order valence-corrected chi connectivity index (χ0v) is 14.6. The smallest absolute Gasteiger partial charge is 0.179 e. The van der Waals surface area contributed by atoms with Gasteiger partial charge in [0.15, 0.2) is 5.78 Å². The Morgan fingerprint density at radius 3 is 2.65 bits per heavy atom. The summed E-state index contributed by atoms with van der Waals surface area (Å²) in [6, 6.07) is 5.69. The third kappa shape index (κ3) is 3.52. The number of nitrogens with one attached hydrogen (secondary N) is 1. The standard InChI is InChI=1S/C19H28N2O2/c1-12-7-13(2)11-21(10-12)15(4)19(22)16-5-6-18-17(8-16)20-9-14(3)23-18/h5-6,8,12-15,20H,7,9-11H2,1-4H3. The molecule has 1 N–H and O–H groups in total. The number of likely N-dealkylation sites (tertiary alicyclic amines) is 1. The fourth-order valence-electron chi connectivity index (χ4n) is 3.87. The number of hydrogen-bond donors (Lipinski definition) is 1. The summed E-state index contributed by atoms with van der Waals surface area (Å²) in [6.45, 7) is 11.4.